The van der Waals surface area contributed by atoms with Crippen LogP contribution in [-0.2, 0) is 29.2 Å². The molecule has 1 atom stereocenters. The molecule has 2 rings (SSSR count). The number of rotatable bonds is 4. The van der Waals surface area contributed by atoms with Gasteiger partial charge in [-0.3, -0.25) is 9.59 Å². The maximum absolute atomic E-state index is 13.0. The summed E-state index contributed by atoms with van der Waals surface area (Å²) in [6, 6.07) is 6.74. The fraction of sp³-hybridized carbons (Fsp3) is 0.333. The summed E-state index contributed by atoms with van der Waals surface area (Å²) in [5.74, 6) is -0.540. The van der Waals surface area contributed by atoms with Gasteiger partial charge in [0.2, 0.25) is 0 Å². The van der Waals surface area contributed by atoms with Gasteiger partial charge in [-0.15, -0.1) is 12.4 Å². The van der Waals surface area contributed by atoms with Crippen LogP contribution in [0.5, 0.6) is 0 Å². The monoisotopic (exact) mass is 404 g/mol. The normalized spacial score (nSPS) is 12.3. The van der Waals surface area contributed by atoms with Gasteiger partial charge in [-0.05, 0) is 36.1 Å². The van der Waals surface area contributed by atoms with Crippen LogP contribution < -0.4 is 11.3 Å². The first-order valence-corrected chi connectivity index (χ1v) is 7.76. The fourth-order valence-electron chi connectivity index (χ4n) is 2.74. The molecular formula is C18H20ClF3N2O3. The summed E-state index contributed by atoms with van der Waals surface area (Å²) in [6.45, 7) is 1.47. The van der Waals surface area contributed by atoms with Crippen LogP contribution >= 0.6 is 12.4 Å². The largest absolute Gasteiger partial charge is 0.468 e. The number of carbonyl (C=O) groups excluding carboxylic acids is 1. The highest BCUT2D eigenvalue weighted by Crippen LogP contribution is 2.31. The first-order valence-electron chi connectivity index (χ1n) is 7.76. The van der Waals surface area contributed by atoms with Gasteiger partial charge in [0.05, 0.1) is 12.7 Å². The van der Waals surface area contributed by atoms with E-state index in [-0.39, 0.29) is 30.0 Å². The summed E-state index contributed by atoms with van der Waals surface area (Å²) in [5, 5.41) is 0. The molecule has 1 aromatic carbocycles. The number of benzene rings is 1. The average molecular weight is 405 g/mol. The number of aryl methyl sites for hydroxylation is 1. The second-order valence-electron chi connectivity index (χ2n) is 5.98. The number of aromatic nitrogens is 1. The molecule has 0 amide bonds. The number of nitrogens with two attached hydrogens (primary N) is 1. The van der Waals surface area contributed by atoms with Crippen LogP contribution in [-0.4, -0.2) is 23.7 Å². The molecular weight excluding hydrogens is 385 g/mol. The first kappa shape index (κ1) is 22.7. The second kappa shape index (κ2) is 8.58. The molecule has 9 heteroatoms. The Bertz CT molecular complexity index is 877. The molecule has 1 aromatic heterocycles. The molecule has 2 N–H and O–H groups in total. The number of methoxy groups -OCH3 is 1. The molecule has 0 aliphatic rings. The van der Waals surface area contributed by atoms with Crippen LogP contribution in [0, 0.1) is 6.92 Å². The van der Waals surface area contributed by atoms with Crippen LogP contribution in [0.4, 0.5) is 13.2 Å². The van der Waals surface area contributed by atoms with E-state index in [4.69, 9.17) is 5.73 Å². The number of carbonyl (C=O) groups is 1. The van der Waals surface area contributed by atoms with E-state index in [1.54, 1.807) is 24.3 Å². The van der Waals surface area contributed by atoms with E-state index in [1.807, 2.05) is 0 Å². The average Bonchev–Trinajstić information content (AvgIpc) is 2.57. The van der Waals surface area contributed by atoms with E-state index >= 15 is 0 Å². The molecule has 1 heterocycles. The Balaban J connectivity index is 0.00000364. The van der Waals surface area contributed by atoms with E-state index in [2.05, 4.69) is 4.74 Å². The minimum absolute atomic E-state index is 0. The highest BCUT2D eigenvalue weighted by molar-refractivity contribution is 5.85. The van der Waals surface area contributed by atoms with Crippen LogP contribution in [0.2, 0.25) is 0 Å². The third kappa shape index (κ3) is 4.90. The molecule has 5 nitrogen and oxygen atoms in total. The van der Waals surface area contributed by atoms with Crippen LogP contribution in [0.25, 0.3) is 11.1 Å². The van der Waals surface area contributed by atoms with Crippen molar-refractivity contribution in [2.45, 2.75) is 25.6 Å². The van der Waals surface area contributed by atoms with Crippen molar-refractivity contribution >= 4 is 18.4 Å². The molecule has 0 spiro atoms. The Morgan fingerprint density at radius 2 is 1.81 bits per heavy atom. The van der Waals surface area contributed by atoms with Crippen molar-refractivity contribution in [2.75, 3.05) is 7.11 Å². The van der Waals surface area contributed by atoms with E-state index in [0.29, 0.717) is 10.1 Å². The molecule has 0 saturated carbocycles. The number of alkyl halides is 3. The van der Waals surface area contributed by atoms with Gasteiger partial charge in [0.15, 0.2) is 0 Å². The van der Waals surface area contributed by atoms with Crippen LogP contribution in [0.3, 0.4) is 0 Å². The smallest absolute Gasteiger partial charge is 0.431 e. The lowest BCUT2D eigenvalue weighted by Crippen LogP contribution is -2.33. The van der Waals surface area contributed by atoms with E-state index in [9.17, 15) is 22.8 Å². The van der Waals surface area contributed by atoms with Gasteiger partial charge in [0.1, 0.15) is 11.7 Å². The van der Waals surface area contributed by atoms with Crippen molar-refractivity contribution in [3.63, 3.8) is 0 Å². The molecule has 1 unspecified atom stereocenters. The van der Waals surface area contributed by atoms with E-state index in [0.717, 1.165) is 18.7 Å². The number of hydrogen-bond donors (Lipinski definition) is 1. The minimum atomic E-state index is -4.61. The zero-order valence-corrected chi connectivity index (χ0v) is 15.8. The Morgan fingerprint density at radius 3 is 2.30 bits per heavy atom. The summed E-state index contributed by atoms with van der Waals surface area (Å²) < 4.78 is 44.2. The Labute approximate surface area is 160 Å². The van der Waals surface area contributed by atoms with Gasteiger partial charge in [-0.25, -0.2) is 0 Å². The molecule has 0 radical (unpaired) electrons. The van der Waals surface area contributed by atoms with Gasteiger partial charge in [0, 0.05) is 7.05 Å². The van der Waals surface area contributed by atoms with Crippen molar-refractivity contribution in [2.24, 2.45) is 12.8 Å². The maximum atomic E-state index is 13.0. The first-order chi connectivity index (χ1) is 12.1. The number of halogens is 4. The van der Waals surface area contributed by atoms with Crippen molar-refractivity contribution in [1.29, 1.82) is 0 Å². The Kier molecular flexibility index (Phi) is 7.22. The third-order valence-electron chi connectivity index (χ3n) is 4.12. The highest BCUT2D eigenvalue weighted by Gasteiger charge is 2.34. The number of pyridine rings is 1. The van der Waals surface area contributed by atoms with Crippen LogP contribution in [0.15, 0.2) is 35.1 Å². The number of hydrogen-bond acceptors (Lipinski definition) is 4. The zero-order valence-electron chi connectivity index (χ0n) is 15.0. The molecule has 2 aromatic rings. The Hall–Kier alpha value is -2.32. The predicted octanol–water partition coefficient (Wildman–Crippen LogP) is 2.84. The quantitative estimate of drug-likeness (QED) is 0.795. The lowest BCUT2D eigenvalue weighted by atomic mass is 9.98. The van der Waals surface area contributed by atoms with Gasteiger partial charge in [0.25, 0.3) is 5.56 Å². The van der Waals surface area contributed by atoms with E-state index in [1.165, 1.54) is 14.0 Å². The number of nitrogens with zero attached hydrogens (tertiary/aromatic N) is 1. The molecule has 0 fully saturated rings. The predicted molar refractivity (Wildman–Crippen MR) is 97.8 cm³/mol. The molecule has 27 heavy (non-hydrogen) atoms. The van der Waals surface area contributed by atoms with Crippen molar-refractivity contribution < 1.29 is 22.7 Å². The second-order valence-corrected chi connectivity index (χ2v) is 5.98. The van der Waals surface area contributed by atoms with Gasteiger partial charge in [-0.2, -0.15) is 13.2 Å². The van der Waals surface area contributed by atoms with E-state index < -0.39 is 29.4 Å². The standard InChI is InChI=1S/C18H19F3N2O3.ClH/c1-10-8-14(18(19,20)21)23(2)16(24)15(10)12-6-4-11(5-7-12)9-13(22)17(25)26-3;/h4-8,13H,9,22H2,1-3H3;1H. The topological polar surface area (TPSA) is 74.3 Å². The molecule has 0 aliphatic carbocycles. The summed E-state index contributed by atoms with van der Waals surface area (Å²) >= 11 is 0. The van der Waals surface area contributed by atoms with Crippen molar-refractivity contribution in [1.82, 2.24) is 4.57 Å². The molecule has 148 valence electrons. The fourth-order valence-corrected chi connectivity index (χ4v) is 2.74. The van der Waals surface area contributed by atoms with Gasteiger partial charge < -0.3 is 15.0 Å². The lowest BCUT2D eigenvalue weighted by molar-refractivity contribution is -0.144. The molecule has 0 aliphatic heterocycles. The number of ether oxygens (including phenoxy) is 1. The summed E-state index contributed by atoms with van der Waals surface area (Å²) in [4.78, 5) is 23.8. The highest BCUT2D eigenvalue weighted by atomic mass is 35.5. The van der Waals surface area contributed by atoms with Gasteiger partial charge >= 0.3 is 12.1 Å². The zero-order chi connectivity index (χ0) is 19.6. The van der Waals surface area contributed by atoms with Gasteiger partial charge in [-0.1, -0.05) is 24.3 Å². The molecule has 0 saturated heterocycles. The van der Waals surface area contributed by atoms with Crippen molar-refractivity contribution in [3.05, 3.63) is 57.5 Å². The summed E-state index contributed by atoms with van der Waals surface area (Å²) in [5.41, 5.74) is 5.65. The van der Waals surface area contributed by atoms with Crippen molar-refractivity contribution in [3.8, 4) is 11.1 Å². The Morgan fingerprint density at radius 1 is 1.26 bits per heavy atom. The third-order valence-corrected chi connectivity index (χ3v) is 4.12. The summed E-state index contributed by atoms with van der Waals surface area (Å²) in [6.07, 6.45) is -4.36. The minimum Gasteiger partial charge on any atom is -0.468 e. The number of esters is 1. The SMILES string of the molecule is COC(=O)C(N)Cc1ccc(-c2c(C)cc(C(F)(F)F)n(C)c2=O)cc1.Cl. The molecule has 0 bridgehead atoms. The maximum Gasteiger partial charge on any atom is 0.431 e. The summed E-state index contributed by atoms with van der Waals surface area (Å²) in [7, 11) is 2.34. The van der Waals surface area contributed by atoms with Crippen LogP contribution in [0.1, 0.15) is 16.8 Å². The lowest BCUT2D eigenvalue weighted by Gasteiger charge is -2.16.